The number of anilines is 2. The lowest BCUT2D eigenvalue weighted by Gasteiger charge is -2.43. The summed E-state index contributed by atoms with van der Waals surface area (Å²) in [6, 6.07) is 6.24. The van der Waals surface area contributed by atoms with E-state index in [4.69, 9.17) is 0 Å². The minimum absolute atomic E-state index is 0.314. The van der Waals surface area contributed by atoms with Gasteiger partial charge in [-0.1, -0.05) is 6.07 Å². The van der Waals surface area contributed by atoms with Gasteiger partial charge in [-0.15, -0.1) is 0 Å². The third kappa shape index (κ3) is 1.20. The normalized spacial score (nSPS) is 20.8. The van der Waals surface area contributed by atoms with Crippen LogP contribution in [0.5, 0.6) is 5.75 Å². The first-order valence-corrected chi connectivity index (χ1v) is 5.99. The summed E-state index contributed by atoms with van der Waals surface area (Å²) in [5, 5.41) is 13.2. The zero-order valence-electron chi connectivity index (χ0n) is 9.83. The number of nitrogens with zero attached hydrogens (tertiary/aromatic N) is 1. The standard InChI is InChI=1S/C13H18N2O/c1-9(2)15-10-4-3-5-11(16)12(10)14-8-13(15)6-7-13/h3-5,9,14,16H,6-8H2,1-2H3. The van der Waals surface area contributed by atoms with Crippen LogP contribution in [0.3, 0.4) is 0 Å². The molecule has 16 heavy (non-hydrogen) atoms. The van der Waals surface area contributed by atoms with Crippen molar-refractivity contribution in [3.05, 3.63) is 18.2 Å². The Morgan fingerprint density at radius 2 is 2.12 bits per heavy atom. The van der Waals surface area contributed by atoms with Crippen molar-refractivity contribution in [3.63, 3.8) is 0 Å². The number of hydrogen-bond donors (Lipinski definition) is 2. The predicted molar refractivity (Wildman–Crippen MR) is 66.2 cm³/mol. The fraction of sp³-hybridized carbons (Fsp3) is 0.538. The summed E-state index contributed by atoms with van der Waals surface area (Å²) in [5.74, 6) is 0.360. The summed E-state index contributed by atoms with van der Waals surface area (Å²) in [6.45, 7) is 5.40. The molecule has 3 heteroatoms. The van der Waals surface area contributed by atoms with Crippen molar-refractivity contribution in [2.45, 2.75) is 38.3 Å². The fourth-order valence-electron chi connectivity index (χ4n) is 2.89. The Kier molecular flexibility index (Phi) is 1.88. The lowest BCUT2D eigenvalue weighted by atomic mass is 10.0. The molecule has 0 radical (unpaired) electrons. The number of aromatic hydroxyl groups is 1. The molecule has 1 heterocycles. The van der Waals surface area contributed by atoms with Gasteiger partial charge < -0.3 is 15.3 Å². The van der Waals surface area contributed by atoms with Crippen molar-refractivity contribution in [1.29, 1.82) is 0 Å². The maximum Gasteiger partial charge on any atom is 0.140 e. The van der Waals surface area contributed by atoms with Crippen molar-refractivity contribution in [3.8, 4) is 5.75 Å². The van der Waals surface area contributed by atoms with Crippen LogP contribution in [0, 0.1) is 0 Å². The molecule has 0 atom stereocenters. The summed E-state index contributed by atoms with van der Waals surface area (Å²) in [4.78, 5) is 2.47. The van der Waals surface area contributed by atoms with Crippen LogP contribution in [0.1, 0.15) is 26.7 Å². The summed E-state index contributed by atoms with van der Waals surface area (Å²) >= 11 is 0. The molecule has 0 saturated heterocycles. The van der Waals surface area contributed by atoms with Crippen molar-refractivity contribution < 1.29 is 5.11 Å². The molecule has 1 aromatic carbocycles. The summed E-state index contributed by atoms with van der Waals surface area (Å²) in [7, 11) is 0. The quantitative estimate of drug-likeness (QED) is 0.711. The van der Waals surface area contributed by atoms with Crippen molar-refractivity contribution in [1.82, 2.24) is 0 Å². The third-order valence-corrected chi connectivity index (χ3v) is 3.73. The Bertz CT molecular complexity index is 424. The third-order valence-electron chi connectivity index (χ3n) is 3.73. The van der Waals surface area contributed by atoms with Crippen LogP contribution in [-0.2, 0) is 0 Å². The molecule has 1 fully saturated rings. The Morgan fingerprint density at radius 3 is 2.75 bits per heavy atom. The fourth-order valence-corrected chi connectivity index (χ4v) is 2.89. The Balaban J connectivity index is 2.11. The maximum absolute atomic E-state index is 9.86. The minimum Gasteiger partial charge on any atom is -0.506 e. The second-order valence-corrected chi connectivity index (χ2v) is 5.21. The molecule has 0 aromatic heterocycles. The van der Waals surface area contributed by atoms with Gasteiger partial charge in [-0.25, -0.2) is 0 Å². The van der Waals surface area contributed by atoms with E-state index in [1.165, 1.54) is 12.8 Å². The second-order valence-electron chi connectivity index (χ2n) is 5.21. The molecule has 0 unspecified atom stereocenters. The highest BCUT2D eigenvalue weighted by Gasteiger charge is 2.51. The largest absolute Gasteiger partial charge is 0.506 e. The average molecular weight is 218 g/mol. The van der Waals surface area contributed by atoms with Crippen molar-refractivity contribution in [2.24, 2.45) is 0 Å². The summed E-state index contributed by atoms with van der Waals surface area (Å²) in [6.07, 6.45) is 2.51. The first kappa shape index (κ1) is 9.82. The van der Waals surface area contributed by atoms with E-state index in [0.29, 0.717) is 17.3 Å². The van der Waals surface area contributed by atoms with Crippen LogP contribution >= 0.6 is 0 Å². The van der Waals surface area contributed by atoms with Crippen LogP contribution < -0.4 is 10.2 Å². The minimum atomic E-state index is 0.314. The molecule has 2 N–H and O–H groups in total. The molecular formula is C13H18N2O. The van der Waals surface area contributed by atoms with E-state index in [-0.39, 0.29) is 0 Å². The van der Waals surface area contributed by atoms with Gasteiger partial charge in [-0.05, 0) is 38.8 Å². The number of hydrogen-bond acceptors (Lipinski definition) is 3. The average Bonchev–Trinajstić information content (AvgIpc) is 2.98. The Morgan fingerprint density at radius 1 is 1.38 bits per heavy atom. The van der Waals surface area contributed by atoms with E-state index in [1.807, 2.05) is 6.07 Å². The van der Waals surface area contributed by atoms with Crippen molar-refractivity contribution >= 4 is 11.4 Å². The topological polar surface area (TPSA) is 35.5 Å². The van der Waals surface area contributed by atoms with Gasteiger partial charge in [-0.3, -0.25) is 0 Å². The van der Waals surface area contributed by atoms with E-state index in [0.717, 1.165) is 17.9 Å². The highest BCUT2D eigenvalue weighted by molar-refractivity contribution is 5.80. The SMILES string of the molecule is CC(C)N1c2cccc(O)c2NCC12CC2. The van der Waals surface area contributed by atoms with Crippen LogP contribution in [0.4, 0.5) is 11.4 Å². The summed E-state index contributed by atoms with van der Waals surface area (Å²) < 4.78 is 0. The van der Waals surface area contributed by atoms with Gasteiger partial charge in [0.15, 0.2) is 0 Å². The van der Waals surface area contributed by atoms with E-state index in [2.05, 4.69) is 30.1 Å². The number of benzene rings is 1. The highest BCUT2D eigenvalue weighted by Crippen LogP contribution is 2.52. The lowest BCUT2D eigenvalue weighted by molar-refractivity contribution is 0.471. The molecule has 1 aliphatic heterocycles. The molecule has 0 amide bonds. The summed E-state index contributed by atoms with van der Waals surface area (Å²) in [5.41, 5.74) is 2.36. The zero-order valence-corrected chi connectivity index (χ0v) is 9.83. The van der Waals surface area contributed by atoms with Crippen LogP contribution in [0.2, 0.25) is 0 Å². The number of fused-ring (bicyclic) bond motifs is 1. The number of nitrogens with one attached hydrogen (secondary N) is 1. The molecule has 1 aromatic rings. The number of para-hydroxylation sites is 1. The molecule has 1 spiro atoms. The second kappa shape index (κ2) is 3.06. The van der Waals surface area contributed by atoms with E-state index >= 15 is 0 Å². The predicted octanol–water partition coefficient (Wildman–Crippen LogP) is 2.57. The molecule has 1 saturated carbocycles. The number of phenols is 1. The van der Waals surface area contributed by atoms with Gasteiger partial charge in [-0.2, -0.15) is 0 Å². The first-order valence-electron chi connectivity index (χ1n) is 5.99. The molecule has 2 aliphatic rings. The molecule has 3 rings (SSSR count). The van der Waals surface area contributed by atoms with E-state index in [1.54, 1.807) is 6.07 Å². The molecule has 3 nitrogen and oxygen atoms in total. The van der Waals surface area contributed by atoms with Crippen LogP contribution in [0.15, 0.2) is 18.2 Å². The molecule has 86 valence electrons. The van der Waals surface area contributed by atoms with Gasteiger partial charge in [0.05, 0.1) is 11.2 Å². The van der Waals surface area contributed by atoms with Gasteiger partial charge in [0.2, 0.25) is 0 Å². The van der Waals surface area contributed by atoms with Gasteiger partial charge in [0, 0.05) is 12.6 Å². The molecule has 1 aliphatic carbocycles. The Labute approximate surface area is 96.1 Å². The Hall–Kier alpha value is -1.38. The van der Waals surface area contributed by atoms with Gasteiger partial charge in [0.1, 0.15) is 11.4 Å². The van der Waals surface area contributed by atoms with Crippen LogP contribution in [-0.4, -0.2) is 23.2 Å². The van der Waals surface area contributed by atoms with E-state index < -0.39 is 0 Å². The zero-order chi connectivity index (χ0) is 11.3. The van der Waals surface area contributed by atoms with Crippen LogP contribution in [0.25, 0.3) is 0 Å². The lowest BCUT2D eigenvalue weighted by Crippen LogP contribution is -2.49. The van der Waals surface area contributed by atoms with E-state index in [9.17, 15) is 5.11 Å². The smallest absolute Gasteiger partial charge is 0.140 e. The van der Waals surface area contributed by atoms with Crippen molar-refractivity contribution in [2.75, 3.05) is 16.8 Å². The highest BCUT2D eigenvalue weighted by atomic mass is 16.3. The van der Waals surface area contributed by atoms with Gasteiger partial charge in [0.25, 0.3) is 0 Å². The first-order chi connectivity index (χ1) is 7.64. The molecule has 0 bridgehead atoms. The molecular weight excluding hydrogens is 200 g/mol. The number of phenolic OH excluding ortho intramolecular Hbond substituents is 1. The number of rotatable bonds is 1. The maximum atomic E-state index is 9.86. The van der Waals surface area contributed by atoms with Gasteiger partial charge >= 0.3 is 0 Å². The monoisotopic (exact) mass is 218 g/mol.